The molecule has 6 nitrogen and oxygen atoms in total. The van der Waals surface area contributed by atoms with Crippen LogP contribution in [0.1, 0.15) is 0 Å². The van der Waals surface area contributed by atoms with Crippen LogP contribution in [-0.2, 0) is 4.74 Å². The van der Waals surface area contributed by atoms with E-state index in [4.69, 9.17) is 9.84 Å². The van der Waals surface area contributed by atoms with E-state index in [0.29, 0.717) is 24.9 Å². The fourth-order valence-electron chi connectivity index (χ4n) is 3.36. The van der Waals surface area contributed by atoms with Gasteiger partial charge in [-0.1, -0.05) is 54.6 Å². The van der Waals surface area contributed by atoms with Gasteiger partial charge in [-0.3, -0.25) is 0 Å². The van der Waals surface area contributed by atoms with Crippen molar-refractivity contribution in [2.45, 2.75) is 0 Å². The number of ether oxygens (including phenoxy) is 1. The Morgan fingerprint density at radius 1 is 0.778 bits per heavy atom. The van der Waals surface area contributed by atoms with E-state index in [9.17, 15) is 0 Å². The highest BCUT2D eigenvalue weighted by Crippen LogP contribution is 2.25. The molecule has 2 aromatic heterocycles. The highest BCUT2D eigenvalue weighted by molar-refractivity contribution is 5.69. The number of fused-ring (bicyclic) bond motifs is 1. The summed E-state index contributed by atoms with van der Waals surface area (Å²) in [7, 11) is 0. The van der Waals surface area contributed by atoms with Gasteiger partial charge in [0.05, 0.1) is 18.9 Å². The predicted molar refractivity (Wildman–Crippen MR) is 105 cm³/mol. The Kier molecular flexibility index (Phi) is 4.03. The molecule has 3 heterocycles. The van der Waals surface area contributed by atoms with Crippen molar-refractivity contribution in [3.8, 4) is 22.4 Å². The third-order valence-electron chi connectivity index (χ3n) is 4.81. The Balaban J connectivity index is 1.51. The van der Waals surface area contributed by atoms with Gasteiger partial charge in [0.1, 0.15) is 0 Å². The first-order chi connectivity index (χ1) is 13.4. The van der Waals surface area contributed by atoms with Crippen LogP contribution in [0.15, 0.2) is 66.9 Å². The molecule has 1 aliphatic rings. The third kappa shape index (κ3) is 3.04. The lowest BCUT2D eigenvalue weighted by Gasteiger charge is -2.25. The average Bonchev–Trinajstić information content (AvgIpc) is 3.20. The first-order valence-electron chi connectivity index (χ1n) is 9.09. The Hall–Kier alpha value is -3.25. The molecule has 1 aliphatic heterocycles. The zero-order valence-corrected chi connectivity index (χ0v) is 14.8. The number of hydrogen-bond donors (Lipinski definition) is 0. The molecule has 1 saturated heterocycles. The lowest BCUT2D eigenvalue weighted by atomic mass is 10.0. The number of rotatable bonds is 3. The number of nitrogens with zero attached hydrogens (tertiary/aromatic N) is 5. The summed E-state index contributed by atoms with van der Waals surface area (Å²) in [6.45, 7) is 3.02. The number of aromatic nitrogens is 4. The molecule has 0 aliphatic carbocycles. The van der Waals surface area contributed by atoms with Gasteiger partial charge in [-0.2, -0.15) is 9.50 Å². The molecular formula is C21H19N5O. The molecule has 0 unspecified atom stereocenters. The van der Waals surface area contributed by atoms with E-state index in [-0.39, 0.29) is 0 Å². The molecule has 0 radical (unpaired) electrons. The third-order valence-corrected chi connectivity index (χ3v) is 4.81. The van der Waals surface area contributed by atoms with E-state index in [2.05, 4.69) is 63.4 Å². The Morgan fingerprint density at radius 2 is 1.48 bits per heavy atom. The lowest BCUT2D eigenvalue weighted by molar-refractivity contribution is 0.122. The van der Waals surface area contributed by atoms with Crippen molar-refractivity contribution >= 4 is 11.7 Å². The smallest absolute Gasteiger partial charge is 0.254 e. The average molecular weight is 357 g/mol. The van der Waals surface area contributed by atoms with Crippen molar-refractivity contribution in [1.82, 2.24) is 19.6 Å². The Morgan fingerprint density at radius 3 is 2.26 bits per heavy atom. The van der Waals surface area contributed by atoms with Crippen LogP contribution < -0.4 is 4.90 Å². The zero-order chi connectivity index (χ0) is 18.1. The highest BCUT2D eigenvalue weighted by atomic mass is 16.5. The molecule has 4 aromatic rings. The fourth-order valence-corrected chi connectivity index (χ4v) is 3.36. The monoisotopic (exact) mass is 357 g/mol. The van der Waals surface area contributed by atoms with Crippen LogP contribution in [0.3, 0.4) is 0 Å². The van der Waals surface area contributed by atoms with Gasteiger partial charge in [0.2, 0.25) is 5.95 Å². The number of hydrogen-bond acceptors (Lipinski definition) is 5. The molecular weight excluding hydrogens is 338 g/mol. The van der Waals surface area contributed by atoms with Crippen LogP contribution in [0.5, 0.6) is 0 Å². The summed E-state index contributed by atoms with van der Waals surface area (Å²) in [5, 5.41) is 4.71. The standard InChI is InChI=1S/C21H19N5O/c1-2-4-16(5-3-1)17-6-8-18(9-7-17)19-10-11-22-20-23-21(24-26(19)20)25-12-14-27-15-13-25/h1-11H,12-15H2. The van der Waals surface area contributed by atoms with E-state index in [1.807, 2.05) is 16.6 Å². The summed E-state index contributed by atoms with van der Waals surface area (Å²) >= 11 is 0. The molecule has 0 atom stereocenters. The van der Waals surface area contributed by atoms with E-state index in [1.54, 1.807) is 6.20 Å². The minimum Gasteiger partial charge on any atom is -0.378 e. The molecule has 0 bridgehead atoms. The van der Waals surface area contributed by atoms with Gasteiger partial charge in [-0.25, -0.2) is 4.98 Å². The summed E-state index contributed by atoms with van der Waals surface area (Å²) in [6.07, 6.45) is 1.79. The minimum atomic E-state index is 0.612. The van der Waals surface area contributed by atoms with Gasteiger partial charge in [-0.05, 0) is 17.2 Å². The topological polar surface area (TPSA) is 55.5 Å². The van der Waals surface area contributed by atoms with E-state index in [1.165, 1.54) is 11.1 Å². The summed E-state index contributed by atoms with van der Waals surface area (Å²) in [5.74, 6) is 1.32. The second kappa shape index (κ2) is 6.81. The zero-order valence-electron chi connectivity index (χ0n) is 14.8. The molecule has 0 N–H and O–H groups in total. The maximum absolute atomic E-state index is 5.42. The predicted octanol–water partition coefficient (Wildman–Crippen LogP) is 3.29. The van der Waals surface area contributed by atoms with E-state index in [0.717, 1.165) is 24.3 Å². The minimum absolute atomic E-state index is 0.612. The molecule has 1 fully saturated rings. The van der Waals surface area contributed by atoms with Crippen molar-refractivity contribution in [3.05, 3.63) is 66.9 Å². The number of anilines is 1. The van der Waals surface area contributed by atoms with Gasteiger partial charge in [0, 0.05) is 24.8 Å². The number of morpholine rings is 1. The normalized spacial score (nSPS) is 14.6. The summed E-state index contributed by atoms with van der Waals surface area (Å²) < 4.78 is 7.24. The molecule has 27 heavy (non-hydrogen) atoms. The first-order valence-corrected chi connectivity index (χ1v) is 9.09. The van der Waals surface area contributed by atoms with Crippen molar-refractivity contribution in [2.24, 2.45) is 0 Å². The molecule has 5 rings (SSSR count). The Labute approximate surface area is 157 Å². The van der Waals surface area contributed by atoms with Gasteiger partial charge < -0.3 is 9.64 Å². The maximum Gasteiger partial charge on any atom is 0.254 e. The van der Waals surface area contributed by atoms with Crippen molar-refractivity contribution in [2.75, 3.05) is 31.2 Å². The molecule has 2 aromatic carbocycles. The van der Waals surface area contributed by atoms with E-state index >= 15 is 0 Å². The van der Waals surface area contributed by atoms with Gasteiger partial charge >= 0.3 is 0 Å². The lowest BCUT2D eigenvalue weighted by Crippen LogP contribution is -2.36. The van der Waals surface area contributed by atoms with Crippen LogP contribution in [0.25, 0.3) is 28.2 Å². The first kappa shape index (κ1) is 16.0. The summed E-state index contributed by atoms with van der Waals surface area (Å²) in [5.41, 5.74) is 4.46. The highest BCUT2D eigenvalue weighted by Gasteiger charge is 2.17. The molecule has 0 spiro atoms. The quantitative estimate of drug-likeness (QED) is 0.563. The molecule has 6 heteroatoms. The van der Waals surface area contributed by atoms with Crippen molar-refractivity contribution < 1.29 is 4.74 Å². The van der Waals surface area contributed by atoms with Gasteiger partial charge in [-0.15, -0.1) is 5.10 Å². The van der Waals surface area contributed by atoms with Gasteiger partial charge in [0.15, 0.2) is 0 Å². The van der Waals surface area contributed by atoms with Crippen LogP contribution >= 0.6 is 0 Å². The van der Waals surface area contributed by atoms with Crippen LogP contribution in [0.4, 0.5) is 5.95 Å². The van der Waals surface area contributed by atoms with Crippen LogP contribution in [-0.4, -0.2) is 45.9 Å². The van der Waals surface area contributed by atoms with Gasteiger partial charge in [0.25, 0.3) is 5.78 Å². The second-order valence-electron chi connectivity index (χ2n) is 6.50. The second-order valence-corrected chi connectivity index (χ2v) is 6.50. The summed E-state index contributed by atoms with van der Waals surface area (Å²) in [6, 6.07) is 20.9. The SMILES string of the molecule is c1ccc(-c2ccc(-c3ccnc4nc(N5CCOCC5)nn34)cc2)cc1. The van der Waals surface area contributed by atoms with E-state index < -0.39 is 0 Å². The largest absolute Gasteiger partial charge is 0.378 e. The molecule has 0 saturated carbocycles. The Bertz CT molecular complexity index is 1050. The van der Waals surface area contributed by atoms with Crippen LogP contribution in [0.2, 0.25) is 0 Å². The molecule has 0 amide bonds. The fraction of sp³-hybridized carbons (Fsp3) is 0.190. The number of benzene rings is 2. The molecule has 134 valence electrons. The maximum atomic E-state index is 5.42. The van der Waals surface area contributed by atoms with Crippen molar-refractivity contribution in [1.29, 1.82) is 0 Å². The van der Waals surface area contributed by atoms with Crippen molar-refractivity contribution in [3.63, 3.8) is 0 Å². The van der Waals surface area contributed by atoms with Crippen LogP contribution in [0, 0.1) is 0 Å². The summed E-state index contributed by atoms with van der Waals surface area (Å²) in [4.78, 5) is 11.1.